The number of nitrogens with one attached hydrogen (secondary N) is 2. The van der Waals surface area contributed by atoms with Crippen LogP contribution in [0.1, 0.15) is 109 Å². The Kier molecular flexibility index (Phi) is 21.1. The van der Waals surface area contributed by atoms with Crippen LogP contribution in [0.25, 0.3) is 0 Å². The van der Waals surface area contributed by atoms with Gasteiger partial charge in [0.05, 0.1) is 41.4 Å². The number of hydroxylamine groups is 2. The lowest BCUT2D eigenvalue weighted by molar-refractivity contribution is -0.197. The van der Waals surface area contributed by atoms with Crippen LogP contribution in [0, 0.1) is 5.92 Å². The van der Waals surface area contributed by atoms with Gasteiger partial charge in [-0.3, -0.25) is 43.8 Å². The van der Waals surface area contributed by atoms with Crippen LogP contribution in [-0.4, -0.2) is 180 Å². The van der Waals surface area contributed by atoms with Crippen molar-refractivity contribution in [2.24, 2.45) is 5.92 Å². The summed E-state index contributed by atoms with van der Waals surface area (Å²) < 4.78 is 34.7. The van der Waals surface area contributed by atoms with E-state index in [1.54, 1.807) is 45.1 Å². The minimum Gasteiger partial charge on any atom is -0.495 e. The molecule has 0 radical (unpaired) electrons. The molecule has 0 saturated carbocycles. The van der Waals surface area contributed by atoms with E-state index in [-0.39, 0.29) is 82.0 Å². The van der Waals surface area contributed by atoms with Crippen LogP contribution < -0.4 is 15.4 Å². The lowest BCUT2D eigenvalue weighted by Gasteiger charge is -2.42. The number of methoxy groups -OCH3 is 2. The summed E-state index contributed by atoms with van der Waals surface area (Å²) in [4.78, 5) is 136. The van der Waals surface area contributed by atoms with Crippen molar-refractivity contribution in [2.75, 3.05) is 53.3 Å². The number of Topliss-reactive ketones (excluding diaryl/α,β-unsaturated/α-hetero) is 1. The molecular weight excluding hydrogens is 1060 g/mol. The van der Waals surface area contributed by atoms with Gasteiger partial charge in [0.15, 0.2) is 17.6 Å². The summed E-state index contributed by atoms with van der Waals surface area (Å²) in [5, 5.41) is 16.7. The second kappa shape index (κ2) is 26.8. The summed E-state index contributed by atoms with van der Waals surface area (Å²) in [6.07, 6.45) is 1.02. The normalized spacial score (nSPS) is 28.9. The molecule has 4 aliphatic heterocycles. The third-order valence-electron chi connectivity index (χ3n) is 14.6. The standard InChI is InChI=1S/C53H70ClN5O18S/c1-29-12-11-13-39(72-8)53(70)27-36(75-51(69)56-53)31(3)48-52(5,76-48)26-37(47(66)30(2)34-23-33(22-29)24-35(71-7)46(34)54)74-50(68)32(4)57(6)44(64)28-78-38-25-43(63)58(49(38)67)19-17-40(60)55-18-21-73-20-10-9-14-45(65)77-59-41(61)15-16-42(59)62/h11-13,23-24,30-32,36-39,48,70H,9-10,14-22,25-28H2,1-8H3,(H,55,60)(H,56,69)/b13-11+,29-12+/t30?,31-,32+,36+,37-,38?,39-,48+,52+,53+/m1/s1. The number of imide groups is 2. The number of alkyl carbamates (subject to hydrolysis) is 1. The van der Waals surface area contributed by atoms with Crippen molar-refractivity contribution >= 4 is 82.6 Å². The predicted octanol–water partition coefficient (Wildman–Crippen LogP) is 3.39. The first-order valence-corrected chi connectivity index (χ1v) is 27.3. The molecule has 5 aliphatic rings. The molecule has 1 aliphatic carbocycles. The highest BCUT2D eigenvalue weighted by Crippen LogP contribution is 2.49. The molecule has 1 aromatic carbocycles. The number of esters is 1. The van der Waals surface area contributed by atoms with E-state index in [0.29, 0.717) is 35.6 Å². The SMILES string of the molecule is COc1cc2cc(c1Cl)C(C)C(=O)[C@H](OC(=O)[C@H](C)N(C)C(=O)CSC1CC(=O)N(CCC(=O)NCCOCCCCC(=O)ON3C(=O)CCC3=O)C1=O)C[C@]1(C)O[C@H]1[C@H](C)[C@@H]1C[C@@](O)(NC(=O)O1)[C@H](OC)/C=C/C=C(\C)C2. The average Bonchev–Trinajstić information content (AvgIpc) is 3.89. The lowest BCUT2D eigenvalue weighted by Crippen LogP contribution is -2.63. The van der Waals surface area contributed by atoms with Gasteiger partial charge in [0.2, 0.25) is 23.6 Å². The number of ether oxygens (including phenoxy) is 6. The van der Waals surface area contributed by atoms with Crippen LogP contribution in [0.2, 0.25) is 5.02 Å². The molecule has 428 valence electrons. The topological polar surface area (TPSA) is 293 Å². The zero-order valence-corrected chi connectivity index (χ0v) is 46.7. The van der Waals surface area contributed by atoms with E-state index in [0.717, 1.165) is 32.7 Å². The Morgan fingerprint density at radius 3 is 2.42 bits per heavy atom. The Labute approximate surface area is 461 Å². The van der Waals surface area contributed by atoms with Gasteiger partial charge in [-0.1, -0.05) is 55.3 Å². The van der Waals surface area contributed by atoms with Gasteiger partial charge in [0.1, 0.15) is 24.0 Å². The summed E-state index contributed by atoms with van der Waals surface area (Å²) in [5.41, 5.74) is -0.918. The number of unbranched alkanes of at least 4 members (excludes halogenated alkanes) is 1. The molecule has 23 nitrogen and oxygen atoms in total. The number of epoxide rings is 1. The zero-order chi connectivity index (χ0) is 57.2. The van der Waals surface area contributed by atoms with Gasteiger partial charge in [-0.2, -0.15) is 0 Å². The Morgan fingerprint density at radius 1 is 1.01 bits per heavy atom. The number of hydrogen-bond donors (Lipinski definition) is 3. The van der Waals surface area contributed by atoms with Gasteiger partial charge >= 0.3 is 18.0 Å². The number of likely N-dealkylation sites (tertiary alicyclic amines) is 1. The predicted molar refractivity (Wildman–Crippen MR) is 278 cm³/mol. The van der Waals surface area contributed by atoms with Gasteiger partial charge in [-0.15, -0.1) is 16.8 Å². The average molecular weight is 1130 g/mol. The number of hydrogen-bond acceptors (Lipinski definition) is 19. The van der Waals surface area contributed by atoms with E-state index in [1.165, 1.54) is 28.2 Å². The highest BCUT2D eigenvalue weighted by atomic mass is 35.5. The molecule has 6 rings (SSSR count). The molecule has 78 heavy (non-hydrogen) atoms. The molecule has 10 atom stereocenters. The lowest BCUT2D eigenvalue weighted by atomic mass is 9.82. The van der Waals surface area contributed by atoms with Crippen molar-refractivity contribution in [3.8, 4) is 5.75 Å². The zero-order valence-electron chi connectivity index (χ0n) is 45.1. The molecule has 2 unspecified atom stereocenters. The number of allylic oxidation sites excluding steroid dienone is 3. The number of rotatable bonds is 20. The highest BCUT2D eigenvalue weighted by Gasteiger charge is 2.61. The number of aliphatic hydroxyl groups is 1. The molecule has 4 heterocycles. The van der Waals surface area contributed by atoms with E-state index in [4.69, 9.17) is 44.9 Å². The Morgan fingerprint density at radius 2 is 1.73 bits per heavy atom. The van der Waals surface area contributed by atoms with Crippen molar-refractivity contribution < 1.29 is 86.3 Å². The first kappa shape index (κ1) is 61.3. The van der Waals surface area contributed by atoms with E-state index < -0.39 is 118 Å². The third-order valence-corrected chi connectivity index (χ3v) is 16.1. The first-order valence-electron chi connectivity index (χ1n) is 25.9. The van der Waals surface area contributed by atoms with E-state index in [1.807, 2.05) is 13.0 Å². The molecule has 1 aromatic rings. The van der Waals surface area contributed by atoms with Crippen LogP contribution in [0.15, 0.2) is 35.9 Å². The molecule has 0 aromatic heterocycles. The molecule has 4 bridgehead atoms. The number of amides is 7. The third kappa shape index (κ3) is 15.3. The summed E-state index contributed by atoms with van der Waals surface area (Å²) in [5.74, 6) is -6.82. The number of halogens is 1. The fourth-order valence-electron chi connectivity index (χ4n) is 9.73. The Balaban J connectivity index is 1.02. The summed E-state index contributed by atoms with van der Waals surface area (Å²) in [6, 6.07) is 2.30. The first-order chi connectivity index (χ1) is 36.9. The van der Waals surface area contributed by atoms with Gasteiger partial charge in [0.25, 0.3) is 11.8 Å². The summed E-state index contributed by atoms with van der Waals surface area (Å²) in [7, 11) is 4.23. The van der Waals surface area contributed by atoms with Crippen molar-refractivity contribution in [1.82, 2.24) is 25.5 Å². The maximum atomic E-state index is 14.8. The number of carbonyl (C=O) groups is 10. The molecule has 0 spiro atoms. The second-order valence-corrected chi connectivity index (χ2v) is 21.9. The van der Waals surface area contributed by atoms with Crippen LogP contribution in [0.4, 0.5) is 4.79 Å². The minimum atomic E-state index is -1.86. The van der Waals surface area contributed by atoms with E-state index in [9.17, 15) is 53.1 Å². The molecule has 4 saturated heterocycles. The van der Waals surface area contributed by atoms with Crippen LogP contribution in [-0.2, 0) is 78.1 Å². The Bertz CT molecular complexity index is 2550. The molecular formula is C53H70ClN5O18S. The molecule has 25 heteroatoms. The number of benzene rings is 1. The quantitative estimate of drug-likeness (QED) is 0.0730. The van der Waals surface area contributed by atoms with Crippen molar-refractivity contribution in [2.45, 2.75) is 152 Å². The van der Waals surface area contributed by atoms with Crippen molar-refractivity contribution in [3.63, 3.8) is 0 Å². The maximum absolute atomic E-state index is 14.8. The van der Waals surface area contributed by atoms with Gasteiger partial charge in [-0.25, -0.2) is 14.4 Å². The van der Waals surface area contributed by atoms with Gasteiger partial charge < -0.3 is 48.6 Å². The minimum absolute atomic E-state index is 0.00565. The fourth-order valence-corrected chi connectivity index (χ4v) is 11.2. The fraction of sp³-hybridized carbons (Fsp3) is 0.623. The van der Waals surface area contributed by atoms with Crippen molar-refractivity contribution in [1.29, 1.82) is 0 Å². The van der Waals surface area contributed by atoms with Gasteiger partial charge in [-0.05, 0) is 57.2 Å². The highest BCUT2D eigenvalue weighted by molar-refractivity contribution is 8.01. The summed E-state index contributed by atoms with van der Waals surface area (Å²) in [6.45, 7) is 8.85. The monoisotopic (exact) mass is 1130 g/mol. The van der Waals surface area contributed by atoms with E-state index >= 15 is 0 Å². The largest absolute Gasteiger partial charge is 0.495 e. The second-order valence-electron chi connectivity index (χ2n) is 20.4. The van der Waals surface area contributed by atoms with E-state index in [2.05, 4.69) is 10.6 Å². The van der Waals surface area contributed by atoms with Crippen LogP contribution in [0.5, 0.6) is 5.75 Å². The summed E-state index contributed by atoms with van der Waals surface area (Å²) >= 11 is 7.80. The number of nitrogens with zero attached hydrogens (tertiary/aromatic N) is 3. The Hall–Kier alpha value is -5.92. The van der Waals surface area contributed by atoms with Crippen molar-refractivity contribution in [3.05, 3.63) is 52.1 Å². The number of thioether (sulfide) groups is 1. The molecule has 7 amide bonds. The number of fused-ring (bicyclic) bond motifs is 5. The maximum Gasteiger partial charge on any atom is 0.409 e. The number of likely N-dealkylation sites (N-methyl/N-ethyl adjacent to an activating group) is 1. The molecule has 4 fully saturated rings. The number of carbonyl (C=O) groups excluding carboxylic acids is 10. The molecule has 3 N–H and O–H groups in total. The van der Waals surface area contributed by atoms with Crippen LogP contribution >= 0.6 is 23.4 Å². The number of ketones is 1. The smallest absolute Gasteiger partial charge is 0.409 e. The van der Waals surface area contributed by atoms with Gasteiger partial charge in [0, 0.05) is 90.6 Å². The van der Waals surface area contributed by atoms with Crippen LogP contribution in [0.3, 0.4) is 0 Å².